The molecule has 1 heterocycles. The minimum Gasteiger partial charge on any atom is -0.373 e. The van der Waals surface area contributed by atoms with Gasteiger partial charge >= 0.3 is 5.69 Å². The van der Waals surface area contributed by atoms with Crippen LogP contribution in [-0.2, 0) is 6.54 Å². The Bertz CT molecular complexity index is 880. The Morgan fingerprint density at radius 3 is 2.72 bits per heavy atom. The van der Waals surface area contributed by atoms with Gasteiger partial charge in [0.05, 0.1) is 23.7 Å². The van der Waals surface area contributed by atoms with Crippen molar-refractivity contribution >= 4 is 11.4 Å². The average molecular weight is 340 g/mol. The number of para-hydroxylation sites is 1. The molecule has 1 aromatic heterocycles. The molecule has 1 atom stereocenters. The van der Waals surface area contributed by atoms with Crippen LogP contribution in [0.1, 0.15) is 24.1 Å². The van der Waals surface area contributed by atoms with Crippen LogP contribution in [-0.4, -0.2) is 14.7 Å². The van der Waals surface area contributed by atoms with Crippen LogP contribution in [0.4, 0.5) is 15.8 Å². The number of nitro benzene ring substituents is 1. The van der Waals surface area contributed by atoms with E-state index >= 15 is 0 Å². The molecule has 0 bridgehead atoms. The summed E-state index contributed by atoms with van der Waals surface area (Å²) in [6.45, 7) is 2.48. The molecule has 0 amide bonds. The molecule has 0 aliphatic carbocycles. The molecule has 1 N–H and O–H groups in total. The Labute approximate surface area is 144 Å². The van der Waals surface area contributed by atoms with Crippen molar-refractivity contribution in [2.24, 2.45) is 0 Å². The molecule has 7 heteroatoms. The van der Waals surface area contributed by atoms with E-state index in [-0.39, 0.29) is 11.7 Å². The summed E-state index contributed by atoms with van der Waals surface area (Å²) in [6.07, 6.45) is 3.57. The van der Waals surface area contributed by atoms with Gasteiger partial charge in [0.2, 0.25) is 5.82 Å². The molecule has 3 aromatic rings. The third-order valence-corrected chi connectivity index (χ3v) is 3.88. The molecule has 2 aromatic carbocycles. The molecule has 128 valence electrons. The molecule has 25 heavy (non-hydrogen) atoms. The van der Waals surface area contributed by atoms with Crippen LogP contribution in [0.15, 0.2) is 60.9 Å². The molecular weight excluding hydrogens is 323 g/mol. The molecule has 0 spiro atoms. The summed E-state index contributed by atoms with van der Waals surface area (Å²) >= 11 is 0. The number of rotatable bonds is 6. The van der Waals surface area contributed by atoms with Crippen molar-refractivity contribution in [3.63, 3.8) is 0 Å². The van der Waals surface area contributed by atoms with E-state index in [0.29, 0.717) is 6.54 Å². The lowest BCUT2D eigenvalue weighted by Crippen LogP contribution is -2.08. The van der Waals surface area contributed by atoms with Crippen LogP contribution in [0.25, 0.3) is 0 Å². The second-order valence-electron chi connectivity index (χ2n) is 5.72. The number of hydrogen-bond donors (Lipinski definition) is 1. The summed E-state index contributed by atoms with van der Waals surface area (Å²) in [5.74, 6) is -0.859. The second-order valence-corrected chi connectivity index (χ2v) is 5.72. The summed E-state index contributed by atoms with van der Waals surface area (Å²) < 4.78 is 15.5. The zero-order chi connectivity index (χ0) is 17.8. The van der Waals surface area contributed by atoms with Gasteiger partial charge in [0.15, 0.2) is 0 Å². The van der Waals surface area contributed by atoms with Crippen LogP contribution in [0.3, 0.4) is 0 Å². The van der Waals surface area contributed by atoms with E-state index in [4.69, 9.17) is 0 Å². The van der Waals surface area contributed by atoms with Crippen LogP contribution in [0.5, 0.6) is 0 Å². The quantitative estimate of drug-likeness (QED) is 0.540. The Hall–Kier alpha value is -3.22. The average Bonchev–Trinajstić information content (AvgIpc) is 3.04. The third kappa shape index (κ3) is 3.82. The minimum absolute atomic E-state index is 0.147. The molecular formula is C18H17FN4O2. The van der Waals surface area contributed by atoms with Crippen molar-refractivity contribution in [1.29, 1.82) is 0 Å². The van der Waals surface area contributed by atoms with Crippen LogP contribution < -0.4 is 5.32 Å². The maximum absolute atomic E-state index is 13.7. The third-order valence-electron chi connectivity index (χ3n) is 3.88. The first kappa shape index (κ1) is 16.6. The highest BCUT2D eigenvalue weighted by Crippen LogP contribution is 2.30. The molecule has 0 radical (unpaired) electrons. The molecule has 1 unspecified atom stereocenters. The molecule has 0 fully saturated rings. The SMILES string of the molecule is CC(Nc1cccc(F)c1[N+](=O)[O-])c1cnn(Cc2ccccc2)c1. The summed E-state index contributed by atoms with van der Waals surface area (Å²) in [5, 5.41) is 18.4. The lowest BCUT2D eigenvalue weighted by Gasteiger charge is -2.13. The van der Waals surface area contributed by atoms with Gasteiger partial charge in [0, 0.05) is 11.8 Å². The van der Waals surface area contributed by atoms with Crippen molar-refractivity contribution in [3.8, 4) is 0 Å². The fraction of sp³-hybridized carbons (Fsp3) is 0.167. The van der Waals surface area contributed by atoms with Crippen molar-refractivity contribution in [2.75, 3.05) is 5.32 Å². The molecule has 0 saturated heterocycles. The number of hydrogen-bond acceptors (Lipinski definition) is 4. The number of nitro groups is 1. The van der Waals surface area contributed by atoms with E-state index in [1.807, 2.05) is 43.5 Å². The fourth-order valence-electron chi connectivity index (χ4n) is 2.59. The minimum atomic E-state index is -0.859. The van der Waals surface area contributed by atoms with E-state index in [1.165, 1.54) is 12.1 Å². The summed E-state index contributed by atoms with van der Waals surface area (Å²) in [7, 11) is 0. The first-order valence-corrected chi connectivity index (χ1v) is 7.80. The van der Waals surface area contributed by atoms with Crippen molar-refractivity contribution in [2.45, 2.75) is 19.5 Å². The van der Waals surface area contributed by atoms with Gasteiger partial charge in [-0.15, -0.1) is 0 Å². The van der Waals surface area contributed by atoms with Gasteiger partial charge in [-0.2, -0.15) is 9.49 Å². The number of benzene rings is 2. The predicted octanol–water partition coefficient (Wildman–Crippen LogP) is 4.15. The highest BCUT2D eigenvalue weighted by Gasteiger charge is 2.21. The molecule has 6 nitrogen and oxygen atoms in total. The summed E-state index contributed by atoms with van der Waals surface area (Å²) in [6, 6.07) is 13.7. The maximum atomic E-state index is 13.7. The van der Waals surface area contributed by atoms with Crippen LogP contribution in [0, 0.1) is 15.9 Å². The lowest BCUT2D eigenvalue weighted by atomic mass is 10.1. The van der Waals surface area contributed by atoms with Crippen molar-refractivity contribution < 1.29 is 9.31 Å². The highest BCUT2D eigenvalue weighted by atomic mass is 19.1. The largest absolute Gasteiger partial charge is 0.373 e. The number of aromatic nitrogens is 2. The Morgan fingerprint density at radius 2 is 2.00 bits per heavy atom. The van der Waals surface area contributed by atoms with Gasteiger partial charge in [-0.05, 0) is 24.6 Å². The molecule has 3 rings (SSSR count). The Kier molecular flexibility index (Phi) is 4.74. The topological polar surface area (TPSA) is 73.0 Å². The second kappa shape index (κ2) is 7.12. The standard InChI is InChI=1S/C18H17FN4O2/c1-13(21-17-9-5-8-16(19)18(17)23(24)25)15-10-20-22(12-15)11-14-6-3-2-4-7-14/h2-10,12-13,21H,11H2,1H3. The predicted molar refractivity (Wildman–Crippen MR) is 92.9 cm³/mol. The Morgan fingerprint density at radius 1 is 1.24 bits per heavy atom. The van der Waals surface area contributed by atoms with Gasteiger partial charge in [0.25, 0.3) is 0 Å². The number of anilines is 1. The number of nitrogens with zero attached hydrogens (tertiary/aromatic N) is 3. The van der Waals surface area contributed by atoms with Crippen molar-refractivity contribution in [3.05, 3.63) is 88.0 Å². The van der Waals surface area contributed by atoms with E-state index in [9.17, 15) is 14.5 Å². The zero-order valence-corrected chi connectivity index (χ0v) is 13.6. The highest BCUT2D eigenvalue weighted by molar-refractivity contribution is 5.62. The van der Waals surface area contributed by atoms with E-state index in [1.54, 1.807) is 10.9 Å². The van der Waals surface area contributed by atoms with Crippen LogP contribution >= 0.6 is 0 Å². The first-order chi connectivity index (χ1) is 12.0. The van der Waals surface area contributed by atoms with E-state index < -0.39 is 16.4 Å². The van der Waals surface area contributed by atoms with Crippen LogP contribution in [0.2, 0.25) is 0 Å². The first-order valence-electron chi connectivity index (χ1n) is 7.80. The van der Waals surface area contributed by atoms with E-state index in [0.717, 1.165) is 17.2 Å². The molecule has 0 saturated carbocycles. The zero-order valence-electron chi connectivity index (χ0n) is 13.6. The molecule has 0 aliphatic rings. The lowest BCUT2D eigenvalue weighted by molar-refractivity contribution is -0.386. The maximum Gasteiger partial charge on any atom is 0.327 e. The summed E-state index contributed by atoms with van der Waals surface area (Å²) in [5.41, 5.74) is 1.58. The van der Waals surface area contributed by atoms with Gasteiger partial charge in [-0.1, -0.05) is 36.4 Å². The Balaban J connectivity index is 1.76. The van der Waals surface area contributed by atoms with Gasteiger partial charge in [0.1, 0.15) is 5.69 Å². The van der Waals surface area contributed by atoms with Gasteiger partial charge in [-0.25, -0.2) is 0 Å². The van der Waals surface area contributed by atoms with E-state index in [2.05, 4.69) is 10.4 Å². The van der Waals surface area contributed by atoms with Gasteiger partial charge < -0.3 is 5.32 Å². The normalized spacial score (nSPS) is 11.9. The smallest absolute Gasteiger partial charge is 0.327 e. The number of nitrogens with one attached hydrogen (secondary N) is 1. The molecule has 0 aliphatic heterocycles. The fourth-order valence-corrected chi connectivity index (χ4v) is 2.59. The number of halogens is 1. The van der Waals surface area contributed by atoms with Crippen molar-refractivity contribution in [1.82, 2.24) is 9.78 Å². The van der Waals surface area contributed by atoms with Gasteiger partial charge in [-0.3, -0.25) is 14.8 Å². The monoisotopic (exact) mass is 340 g/mol. The summed E-state index contributed by atoms with van der Waals surface area (Å²) in [4.78, 5) is 10.4.